The molecule has 0 unspecified atom stereocenters. The predicted octanol–water partition coefficient (Wildman–Crippen LogP) is 5.01. The van der Waals surface area contributed by atoms with Gasteiger partial charge in [0, 0.05) is 18.1 Å². The number of hydrogen-bond acceptors (Lipinski definition) is 6. The van der Waals surface area contributed by atoms with E-state index in [4.69, 9.17) is 14.2 Å². The van der Waals surface area contributed by atoms with Gasteiger partial charge in [-0.05, 0) is 56.4 Å². The average molecular weight is 414 g/mol. The minimum Gasteiger partial charge on any atom is -0.507 e. The zero-order valence-electron chi connectivity index (χ0n) is 18.1. The SMILES string of the molecule is Cc1ccc(OC=O)cc1OCCCCOc1ccc(C(=O)CC(C)C)c(O)c1C. The van der Waals surface area contributed by atoms with Gasteiger partial charge >= 0.3 is 0 Å². The van der Waals surface area contributed by atoms with Crippen LogP contribution in [-0.4, -0.2) is 30.6 Å². The third-order valence-electron chi connectivity index (χ3n) is 4.67. The molecule has 0 spiro atoms. The van der Waals surface area contributed by atoms with Gasteiger partial charge in [0.25, 0.3) is 6.47 Å². The molecule has 0 aliphatic rings. The quantitative estimate of drug-likeness (QED) is 0.299. The van der Waals surface area contributed by atoms with Gasteiger partial charge in [0.15, 0.2) is 5.78 Å². The Morgan fingerprint density at radius 1 is 1.03 bits per heavy atom. The van der Waals surface area contributed by atoms with Crippen LogP contribution in [0.3, 0.4) is 0 Å². The molecule has 0 bridgehead atoms. The molecule has 1 N–H and O–H groups in total. The van der Waals surface area contributed by atoms with E-state index in [0.717, 1.165) is 18.4 Å². The molecule has 0 fully saturated rings. The van der Waals surface area contributed by atoms with Crippen molar-refractivity contribution < 1.29 is 28.9 Å². The van der Waals surface area contributed by atoms with Gasteiger partial charge in [-0.15, -0.1) is 0 Å². The number of ether oxygens (including phenoxy) is 3. The Bertz CT molecular complexity index is 872. The largest absolute Gasteiger partial charge is 0.507 e. The number of phenols is 1. The minimum absolute atomic E-state index is 0.00520. The van der Waals surface area contributed by atoms with Crippen LogP contribution < -0.4 is 14.2 Å². The highest BCUT2D eigenvalue weighted by atomic mass is 16.5. The number of unbranched alkanes of at least 4 members (excludes halogenated alkanes) is 1. The fourth-order valence-corrected chi connectivity index (χ4v) is 2.98. The lowest BCUT2D eigenvalue weighted by Crippen LogP contribution is -2.06. The Kier molecular flexibility index (Phi) is 8.71. The Morgan fingerprint density at radius 2 is 1.70 bits per heavy atom. The summed E-state index contributed by atoms with van der Waals surface area (Å²) in [4.78, 5) is 22.7. The number of hydrogen-bond donors (Lipinski definition) is 1. The van der Waals surface area contributed by atoms with Crippen molar-refractivity contribution in [1.29, 1.82) is 0 Å². The van der Waals surface area contributed by atoms with E-state index in [9.17, 15) is 14.7 Å². The molecule has 30 heavy (non-hydrogen) atoms. The lowest BCUT2D eigenvalue weighted by Gasteiger charge is -2.14. The number of ketones is 1. The predicted molar refractivity (Wildman–Crippen MR) is 115 cm³/mol. The van der Waals surface area contributed by atoms with E-state index in [1.807, 2.05) is 26.8 Å². The maximum Gasteiger partial charge on any atom is 0.298 e. The molecule has 2 aromatic carbocycles. The molecule has 2 aromatic rings. The first kappa shape index (κ1) is 23.3. The zero-order chi connectivity index (χ0) is 22.1. The monoisotopic (exact) mass is 414 g/mol. The molecule has 0 heterocycles. The van der Waals surface area contributed by atoms with Crippen molar-refractivity contribution in [2.45, 2.75) is 47.0 Å². The molecule has 0 saturated heterocycles. The molecule has 0 saturated carbocycles. The maximum absolute atomic E-state index is 12.2. The summed E-state index contributed by atoms with van der Waals surface area (Å²) in [7, 11) is 0. The minimum atomic E-state index is -0.0628. The van der Waals surface area contributed by atoms with E-state index < -0.39 is 0 Å². The van der Waals surface area contributed by atoms with Gasteiger partial charge in [-0.25, -0.2) is 0 Å². The molecule has 0 atom stereocenters. The number of benzene rings is 2. The van der Waals surface area contributed by atoms with Crippen LogP contribution in [0.2, 0.25) is 0 Å². The summed E-state index contributed by atoms with van der Waals surface area (Å²) in [5.74, 6) is 1.86. The third kappa shape index (κ3) is 6.51. The van der Waals surface area contributed by atoms with E-state index in [0.29, 0.717) is 54.5 Å². The Morgan fingerprint density at radius 3 is 2.33 bits per heavy atom. The Balaban J connectivity index is 1.81. The van der Waals surface area contributed by atoms with Crippen molar-refractivity contribution in [3.63, 3.8) is 0 Å². The maximum atomic E-state index is 12.2. The van der Waals surface area contributed by atoms with Crippen LogP contribution >= 0.6 is 0 Å². The average Bonchev–Trinajstić information content (AvgIpc) is 2.69. The summed E-state index contributed by atoms with van der Waals surface area (Å²) in [5, 5.41) is 10.4. The van der Waals surface area contributed by atoms with Gasteiger partial charge < -0.3 is 19.3 Å². The number of carbonyl (C=O) groups excluding carboxylic acids is 2. The van der Waals surface area contributed by atoms with Crippen LogP contribution in [0.15, 0.2) is 30.3 Å². The third-order valence-corrected chi connectivity index (χ3v) is 4.67. The number of aromatic hydroxyl groups is 1. The van der Waals surface area contributed by atoms with Gasteiger partial charge in [-0.2, -0.15) is 0 Å². The van der Waals surface area contributed by atoms with E-state index in [1.165, 1.54) is 0 Å². The number of rotatable bonds is 12. The topological polar surface area (TPSA) is 82.1 Å². The fourth-order valence-electron chi connectivity index (χ4n) is 2.98. The van der Waals surface area contributed by atoms with Crippen LogP contribution in [-0.2, 0) is 4.79 Å². The van der Waals surface area contributed by atoms with Crippen molar-refractivity contribution in [3.05, 3.63) is 47.0 Å². The molecular weight excluding hydrogens is 384 g/mol. The molecule has 0 aromatic heterocycles. The lowest BCUT2D eigenvalue weighted by atomic mass is 9.98. The lowest BCUT2D eigenvalue weighted by molar-refractivity contribution is -0.120. The smallest absolute Gasteiger partial charge is 0.298 e. The fraction of sp³-hybridized carbons (Fsp3) is 0.417. The van der Waals surface area contributed by atoms with Crippen LogP contribution in [0, 0.1) is 19.8 Å². The molecule has 0 aliphatic carbocycles. The van der Waals surface area contributed by atoms with E-state index in [2.05, 4.69) is 0 Å². The first-order chi connectivity index (χ1) is 14.3. The Hall–Kier alpha value is -3.02. The molecule has 0 radical (unpaired) electrons. The summed E-state index contributed by atoms with van der Waals surface area (Å²) in [6, 6.07) is 8.60. The normalized spacial score (nSPS) is 10.7. The Labute approximate surface area is 177 Å². The van der Waals surface area contributed by atoms with Gasteiger partial charge in [-0.3, -0.25) is 9.59 Å². The van der Waals surface area contributed by atoms with Gasteiger partial charge in [0.1, 0.15) is 23.0 Å². The molecule has 162 valence electrons. The number of aryl methyl sites for hydroxylation is 1. The van der Waals surface area contributed by atoms with E-state index in [1.54, 1.807) is 31.2 Å². The second-order valence-electron chi connectivity index (χ2n) is 7.65. The molecule has 0 aliphatic heterocycles. The van der Waals surface area contributed by atoms with E-state index >= 15 is 0 Å². The van der Waals surface area contributed by atoms with Crippen molar-refractivity contribution >= 4 is 12.3 Å². The zero-order valence-corrected chi connectivity index (χ0v) is 18.1. The number of carbonyl (C=O) groups is 2. The van der Waals surface area contributed by atoms with Gasteiger partial charge in [-0.1, -0.05) is 19.9 Å². The van der Waals surface area contributed by atoms with Crippen LogP contribution in [0.5, 0.6) is 23.0 Å². The highest BCUT2D eigenvalue weighted by Crippen LogP contribution is 2.32. The first-order valence-corrected chi connectivity index (χ1v) is 10.2. The van der Waals surface area contributed by atoms with E-state index in [-0.39, 0.29) is 17.5 Å². The first-order valence-electron chi connectivity index (χ1n) is 10.2. The van der Waals surface area contributed by atoms with Crippen molar-refractivity contribution in [1.82, 2.24) is 0 Å². The highest BCUT2D eigenvalue weighted by molar-refractivity contribution is 5.99. The summed E-state index contributed by atoms with van der Waals surface area (Å²) >= 11 is 0. The second-order valence-corrected chi connectivity index (χ2v) is 7.65. The molecule has 0 amide bonds. The van der Waals surface area contributed by atoms with Crippen molar-refractivity contribution in [2.75, 3.05) is 13.2 Å². The summed E-state index contributed by atoms with van der Waals surface area (Å²) in [6.45, 7) is 8.97. The van der Waals surface area contributed by atoms with Crippen molar-refractivity contribution in [2.24, 2.45) is 5.92 Å². The summed E-state index contributed by atoms with van der Waals surface area (Å²) < 4.78 is 16.4. The molecule has 6 heteroatoms. The molecule has 2 rings (SSSR count). The summed E-state index contributed by atoms with van der Waals surface area (Å²) in [6.07, 6.45) is 1.93. The van der Waals surface area contributed by atoms with Crippen molar-refractivity contribution in [3.8, 4) is 23.0 Å². The van der Waals surface area contributed by atoms with Gasteiger partial charge in [0.2, 0.25) is 0 Å². The highest BCUT2D eigenvalue weighted by Gasteiger charge is 2.17. The molecular formula is C24H30O6. The van der Waals surface area contributed by atoms with Gasteiger partial charge in [0.05, 0.1) is 18.8 Å². The van der Waals surface area contributed by atoms with Crippen LogP contribution in [0.1, 0.15) is 54.6 Å². The van der Waals surface area contributed by atoms with Crippen LogP contribution in [0.4, 0.5) is 0 Å². The standard InChI is InChI=1S/C24H30O6/c1-16(2)13-21(26)20-9-10-22(18(4)24(20)27)28-11-5-6-12-29-23-14-19(30-15-25)8-7-17(23)3/h7-10,14-16,27H,5-6,11-13H2,1-4H3. The second kappa shape index (κ2) is 11.2. The molecule has 6 nitrogen and oxygen atoms in total. The van der Waals surface area contributed by atoms with Crippen LogP contribution in [0.25, 0.3) is 0 Å². The number of Topliss-reactive ketones (excluding diaryl/α,β-unsaturated/α-hetero) is 1. The summed E-state index contributed by atoms with van der Waals surface area (Å²) in [5.41, 5.74) is 1.88. The number of phenolic OH excluding ortho intramolecular Hbond substituents is 1.